The molecule has 1 aromatic rings. The molecule has 0 bridgehead atoms. The van der Waals surface area contributed by atoms with Crippen LogP contribution in [0.15, 0.2) is 30.9 Å². The Bertz CT molecular complexity index is 400. The van der Waals surface area contributed by atoms with Crippen molar-refractivity contribution in [3.05, 3.63) is 36.4 Å². The van der Waals surface area contributed by atoms with E-state index >= 15 is 0 Å². The molecule has 0 aliphatic rings. The molecule has 0 amide bonds. The van der Waals surface area contributed by atoms with E-state index in [1.807, 2.05) is 32.0 Å². The molecule has 0 fully saturated rings. The van der Waals surface area contributed by atoms with E-state index in [1.54, 1.807) is 0 Å². The van der Waals surface area contributed by atoms with Crippen LogP contribution < -0.4 is 9.47 Å². The van der Waals surface area contributed by atoms with Gasteiger partial charge in [0.1, 0.15) is 11.5 Å². The molecule has 0 heterocycles. The van der Waals surface area contributed by atoms with E-state index in [0.29, 0.717) is 19.6 Å². The molecule has 0 aromatic heterocycles. The number of ether oxygens (including phenoxy) is 2. The summed E-state index contributed by atoms with van der Waals surface area (Å²) >= 11 is 0. The van der Waals surface area contributed by atoms with Crippen LogP contribution in [0.5, 0.6) is 11.5 Å². The molecule has 104 valence electrons. The second-order valence-corrected chi connectivity index (χ2v) is 4.20. The predicted molar refractivity (Wildman–Crippen MR) is 76.9 cm³/mol. The van der Waals surface area contributed by atoms with Crippen molar-refractivity contribution < 1.29 is 14.3 Å². The van der Waals surface area contributed by atoms with Crippen molar-refractivity contribution in [2.75, 3.05) is 13.2 Å². The minimum absolute atomic E-state index is 0.0889. The van der Waals surface area contributed by atoms with Gasteiger partial charge in [0.15, 0.2) is 5.78 Å². The molecule has 3 heteroatoms. The molecule has 3 nitrogen and oxygen atoms in total. The third kappa shape index (κ3) is 5.60. The highest BCUT2D eigenvalue weighted by molar-refractivity contribution is 5.88. The number of ketones is 1. The Hall–Kier alpha value is -1.77. The number of hydrogen-bond acceptors (Lipinski definition) is 3. The monoisotopic (exact) mass is 262 g/mol. The summed E-state index contributed by atoms with van der Waals surface area (Å²) in [6, 6.07) is 5.90. The van der Waals surface area contributed by atoms with E-state index in [9.17, 15) is 4.79 Å². The number of aryl methyl sites for hydroxylation is 1. The first-order valence-electron chi connectivity index (χ1n) is 6.74. The smallest absolute Gasteiger partial charge is 0.155 e. The zero-order valence-corrected chi connectivity index (χ0v) is 11.8. The normalized spacial score (nSPS) is 10.0. The maximum atomic E-state index is 11.2. The van der Waals surface area contributed by atoms with Crippen molar-refractivity contribution in [3.63, 3.8) is 0 Å². The van der Waals surface area contributed by atoms with Crippen molar-refractivity contribution in [3.8, 4) is 11.5 Å². The molecule has 19 heavy (non-hydrogen) atoms. The van der Waals surface area contributed by atoms with Crippen molar-refractivity contribution in [2.24, 2.45) is 0 Å². The maximum absolute atomic E-state index is 11.2. The summed E-state index contributed by atoms with van der Waals surface area (Å²) in [5, 5.41) is 0. The van der Waals surface area contributed by atoms with Crippen LogP contribution in [-0.4, -0.2) is 19.0 Å². The van der Waals surface area contributed by atoms with Gasteiger partial charge < -0.3 is 9.47 Å². The van der Waals surface area contributed by atoms with Gasteiger partial charge in [-0.25, -0.2) is 0 Å². The first kappa shape index (κ1) is 15.3. The van der Waals surface area contributed by atoms with Crippen molar-refractivity contribution in [1.29, 1.82) is 0 Å². The fraction of sp³-hybridized carbons (Fsp3) is 0.438. The predicted octanol–water partition coefficient (Wildman–Crippen LogP) is 3.56. The largest absolute Gasteiger partial charge is 0.494 e. The molecule has 0 radical (unpaired) electrons. The zero-order valence-electron chi connectivity index (χ0n) is 11.8. The fourth-order valence-corrected chi connectivity index (χ4v) is 1.84. The quantitative estimate of drug-likeness (QED) is 0.638. The van der Waals surface area contributed by atoms with Crippen molar-refractivity contribution >= 4 is 5.78 Å². The van der Waals surface area contributed by atoms with Gasteiger partial charge in [0, 0.05) is 12.5 Å². The lowest BCUT2D eigenvalue weighted by Gasteiger charge is -2.10. The number of hydrogen-bond donors (Lipinski definition) is 0. The highest BCUT2D eigenvalue weighted by atomic mass is 16.5. The Morgan fingerprint density at radius 3 is 2.21 bits per heavy atom. The molecule has 1 aromatic carbocycles. The summed E-state index contributed by atoms with van der Waals surface area (Å²) in [7, 11) is 0. The molecule has 0 aliphatic heterocycles. The van der Waals surface area contributed by atoms with E-state index in [2.05, 4.69) is 6.58 Å². The van der Waals surface area contributed by atoms with E-state index in [1.165, 1.54) is 6.08 Å². The van der Waals surface area contributed by atoms with Crippen LogP contribution in [-0.2, 0) is 11.2 Å². The Labute approximate surface area is 115 Å². The van der Waals surface area contributed by atoms with Gasteiger partial charge in [0.2, 0.25) is 0 Å². The first-order chi connectivity index (χ1) is 9.19. The average Bonchev–Trinajstić information content (AvgIpc) is 2.39. The summed E-state index contributed by atoms with van der Waals surface area (Å²) in [4.78, 5) is 11.2. The summed E-state index contributed by atoms with van der Waals surface area (Å²) in [6.07, 6.45) is 3.56. The summed E-state index contributed by atoms with van der Waals surface area (Å²) in [5.41, 5.74) is 1.13. The molecule has 0 saturated heterocycles. The third-order valence-corrected chi connectivity index (χ3v) is 2.68. The van der Waals surface area contributed by atoms with Crippen LogP contribution in [0.25, 0.3) is 0 Å². The topological polar surface area (TPSA) is 35.5 Å². The maximum Gasteiger partial charge on any atom is 0.155 e. The number of rotatable bonds is 9. The minimum atomic E-state index is 0.0889. The van der Waals surface area contributed by atoms with Crippen LogP contribution in [0.1, 0.15) is 32.3 Å². The van der Waals surface area contributed by atoms with Crippen LogP contribution in [0.3, 0.4) is 0 Å². The van der Waals surface area contributed by atoms with E-state index in [-0.39, 0.29) is 5.78 Å². The van der Waals surface area contributed by atoms with Gasteiger partial charge in [-0.2, -0.15) is 0 Å². The molecular formula is C16H22O3. The standard InChI is InChI=1S/C16H22O3/c1-4-14(17)9-7-8-13-10-15(18-5-2)12-16(11-13)19-6-3/h4,10-12H,1,5-9H2,2-3H3. The Balaban J connectivity index is 2.69. The zero-order chi connectivity index (χ0) is 14.1. The third-order valence-electron chi connectivity index (χ3n) is 2.68. The van der Waals surface area contributed by atoms with Gasteiger partial charge >= 0.3 is 0 Å². The second kappa shape index (κ2) is 8.35. The second-order valence-electron chi connectivity index (χ2n) is 4.20. The van der Waals surface area contributed by atoms with Gasteiger partial charge in [-0.15, -0.1) is 0 Å². The van der Waals surface area contributed by atoms with Crippen molar-refractivity contribution in [2.45, 2.75) is 33.1 Å². The lowest BCUT2D eigenvalue weighted by atomic mass is 10.1. The number of benzene rings is 1. The van der Waals surface area contributed by atoms with Gasteiger partial charge in [0.25, 0.3) is 0 Å². The van der Waals surface area contributed by atoms with E-state index < -0.39 is 0 Å². The fourth-order valence-electron chi connectivity index (χ4n) is 1.84. The molecular weight excluding hydrogens is 240 g/mol. The van der Waals surface area contributed by atoms with E-state index in [0.717, 1.165) is 29.9 Å². The van der Waals surface area contributed by atoms with Crippen LogP contribution in [0, 0.1) is 0 Å². The summed E-state index contributed by atoms with van der Waals surface area (Å²) in [5.74, 6) is 1.72. The molecule has 1 rings (SSSR count). The Morgan fingerprint density at radius 2 is 1.74 bits per heavy atom. The SMILES string of the molecule is C=CC(=O)CCCc1cc(OCC)cc(OCC)c1. The highest BCUT2D eigenvalue weighted by Gasteiger charge is 2.04. The average molecular weight is 262 g/mol. The molecule has 0 atom stereocenters. The van der Waals surface area contributed by atoms with Crippen LogP contribution >= 0.6 is 0 Å². The first-order valence-corrected chi connectivity index (χ1v) is 6.74. The van der Waals surface area contributed by atoms with Crippen molar-refractivity contribution in [1.82, 2.24) is 0 Å². The molecule has 0 spiro atoms. The van der Waals surface area contributed by atoms with Gasteiger partial charge in [0.05, 0.1) is 13.2 Å². The Kier molecular flexibility index (Phi) is 6.72. The lowest BCUT2D eigenvalue weighted by Crippen LogP contribution is -1.98. The minimum Gasteiger partial charge on any atom is -0.494 e. The van der Waals surface area contributed by atoms with Gasteiger partial charge in [-0.05, 0) is 50.5 Å². The molecule has 0 aliphatic carbocycles. The molecule has 0 unspecified atom stereocenters. The summed E-state index contributed by atoms with van der Waals surface area (Å²) < 4.78 is 11.0. The van der Waals surface area contributed by atoms with Crippen LogP contribution in [0.4, 0.5) is 0 Å². The number of allylic oxidation sites excluding steroid dienone is 1. The lowest BCUT2D eigenvalue weighted by molar-refractivity contribution is -0.114. The molecule has 0 N–H and O–H groups in total. The van der Waals surface area contributed by atoms with Crippen LogP contribution in [0.2, 0.25) is 0 Å². The van der Waals surface area contributed by atoms with E-state index in [4.69, 9.17) is 9.47 Å². The number of carbonyl (C=O) groups is 1. The van der Waals surface area contributed by atoms with Gasteiger partial charge in [-0.1, -0.05) is 6.58 Å². The molecule has 0 saturated carbocycles. The summed E-state index contributed by atoms with van der Waals surface area (Å²) in [6.45, 7) is 8.64. The van der Waals surface area contributed by atoms with Gasteiger partial charge in [-0.3, -0.25) is 4.79 Å². The highest BCUT2D eigenvalue weighted by Crippen LogP contribution is 2.24. The number of carbonyl (C=O) groups excluding carboxylic acids is 1. The Morgan fingerprint density at radius 1 is 1.16 bits per heavy atom.